The van der Waals surface area contributed by atoms with E-state index < -0.39 is 10.1 Å². The maximum absolute atomic E-state index is 11.1. The summed E-state index contributed by atoms with van der Waals surface area (Å²) in [6.07, 6.45) is 10.7. The van der Waals surface area contributed by atoms with Gasteiger partial charge in [0.25, 0.3) is 10.1 Å². The van der Waals surface area contributed by atoms with Gasteiger partial charge in [0.2, 0.25) is 0 Å². The summed E-state index contributed by atoms with van der Waals surface area (Å²) in [5.74, 6) is -0.232. The van der Waals surface area contributed by atoms with E-state index in [1.807, 2.05) is 30.4 Å². The van der Waals surface area contributed by atoms with Crippen molar-refractivity contribution in [2.24, 2.45) is 0 Å². The lowest BCUT2D eigenvalue weighted by atomic mass is 9.81. The highest BCUT2D eigenvalue weighted by atomic mass is 32.2. The van der Waals surface area contributed by atoms with Crippen molar-refractivity contribution in [3.8, 4) is 0 Å². The van der Waals surface area contributed by atoms with E-state index in [-0.39, 0.29) is 11.2 Å². The highest BCUT2D eigenvalue weighted by Crippen LogP contribution is 2.50. The zero-order valence-electron chi connectivity index (χ0n) is 17.3. The molecule has 0 saturated carbocycles. The van der Waals surface area contributed by atoms with E-state index in [9.17, 15) is 13.2 Å². The van der Waals surface area contributed by atoms with Gasteiger partial charge in [0.15, 0.2) is 0 Å². The Morgan fingerprint density at radius 3 is 2.47 bits per heavy atom. The first-order valence-corrected chi connectivity index (χ1v) is 11.6. The lowest BCUT2D eigenvalue weighted by molar-refractivity contribution is -0.104. The molecule has 5 nitrogen and oxygen atoms in total. The number of carbonyl (C=O) groups is 1. The number of hydrogen-bond donors (Lipinski definition) is 1. The van der Waals surface area contributed by atoms with E-state index in [0.29, 0.717) is 19.4 Å². The SMILES string of the molecule is CC1(C)/C(=C/C=C/C=C/C=O)N(CCCCS(=O)(=O)O)c2ccc3ccccc3c21. The summed E-state index contributed by atoms with van der Waals surface area (Å²) in [6, 6.07) is 12.6. The number of rotatable bonds is 8. The molecule has 0 saturated heterocycles. The van der Waals surface area contributed by atoms with E-state index in [2.05, 4.69) is 43.0 Å². The van der Waals surface area contributed by atoms with Crippen molar-refractivity contribution in [3.63, 3.8) is 0 Å². The first kappa shape index (κ1) is 22.0. The predicted octanol–water partition coefficient (Wildman–Crippen LogP) is 4.80. The van der Waals surface area contributed by atoms with Crippen LogP contribution in [-0.2, 0) is 20.3 Å². The molecule has 158 valence electrons. The molecule has 0 fully saturated rings. The Hall–Kier alpha value is -2.70. The minimum absolute atomic E-state index is 0.232. The average Bonchev–Trinajstić information content (AvgIpc) is 2.91. The van der Waals surface area contributed by atoms with Crippen molar-refractivity contribution in [1.82, 2.24) is 0 Å². The molecule has 0 aliphatic carbocycles. The number of hydrogen-bond acceptors (Lipinski definition) is 4. The molecule has 6 heteroatoms. The van der Waals surface area contributed by atoms with E-state index in [4.69, 9.17) is 4.55 Å². The minimum atomic E-state index is -3.95. The summed E-state index contributed by atoms with van der Waals surface area (Å²) in [5.41, 5.74) is 3.22. The second-order valence-electron chi connectivity index (χ2n) is 7.91. The van der Waals surface area contributed by atoms with Crippen molar-refractivity contribution in [1.29, 1.82) is 0 Å². The minimum Gasteiger partial charge on any atom is -0.344 e. The maximum Gasteiger partial charge on any atom is 0.264 e. The molecule has 1 N–H and O–H groups in total. The fourth-order valence-electron chi connectivity index (χ4n) is 4.15. The molecular weight excluding hydrogens is 398 g/mol. The van der Waals surface area contributed by atoms with Crippen molar-refractivity contribution in [2.45, 2.75) is 32.1 Å². The molecule has 30 heavy (non-hydrogen) atoms. The molecule has 1 aliphatic rings. The fraction of sp³-hybridized carbons (Fsp3) is 0.292. The molecule has 0 atom stereocenters. The third-order valence-corrected chi connectivity index (χ3v) is 6.26. The van der Waals surface area contributed by atoms with Gasteiger partial charge in [0.1, 0.15) is 6.29 Å². The molecule has 0 aromatic heterocycles. The zero-order chi connectivity index (χ0) is 21.8. The van der Waals surface area contributed by atoms with Crippen LogP contribution in [0.3, 0.4) is 0 Å². The maximum atomic E-state index is 11.1. The predicted molar refractivity (Wildman–Crippen MR) is 122 cm³/mol. The summed E-state index contributed by atoms with van der Waals surface area (Å²) in [7, 11) is -3.95. The molecule has 3 rings (SSSR count). The Balaban J connectivity index is 2.01. The number of unbranched alkanes of at least 4 members (excludes halogenated alkanes) is 1. The molecule has 0 radical (unpaired) electrons. The number of aldehydes is 1. The topological polar surface area (TPSA) is 74.7 Å². The highest BCUT2D eigenvalue weighted by molar-refractivity contribution is 7.85. The summed E-state index contributed by atoms with van der Waals surface area (Å²) in [4.78, 5) is 12.7. The quantitative estimate of drug-likeness (QED) is 0.216. The number of fused-ring (bicyclic) bond motifs is 3. The van der Waals surface area contributed by atoms with Gasteiger partial charge < -0.3 is 4.90 Å². The van der Waals surface area contributed by atoms with Gasteiger partial charge in [-0.1, -0.05) is 62.4 Å². The lowest BCUT2D eigenvalue weighted by Gasteiger charge is -2.27. The monoisotopic (exact) mass is 425 g/mol. The van der Waals surface area contributed by atoms with Crippen LogP contribution in [0.5, 0.6) is 0 Å². The Kier molecular flexibility index (Phi) is 6.58. The zero-order valence-corrected chi connectivity index (χ0v) is 18.1. The molecule has 1 aliphatic heterocycles. The van der Waals surface area contributed by atoms with Gasteiger partial charge in [-0.3, -0.25) is 9.35 Å². The van der Waals surface area contributed by atoms with E-state index in [1.165, 1.54) is 22.4 Å². The summed E-state index contributed by atoms with van der Waals surface area (Å²) in [6.45, 7) is 5.03. The molecule has 2 aromatic rings. The smallest absolute Gasteiger partial charge is 0.264 e. The van der Waals surface area contributed by atoms with Crippen LogP contribution < -0.4 is 4.90 Å². The normalized spacial score (nSPS) is 17.4. The lowest BCUT2D eigenvalue weighted by Crippen LogP contribution is -2.27. The van der Waals surface area contributed by atoms with Crippen molar-refractivity contribution >= 4 is 32.9 Å². The van der Waals surface area contributed by atoms with Crippen LogP contribution in [0.25, 0.3) is 10.8 Å². The summed E-state index contributed by atoms with van der Waals surface area (Å²) < 4.78 is 31.1. The number of benzene rings is 2. The highest BCUT2D eigenvalue weighted by Gasteiger charge is 2.40. The Labute approximate surface area is 178 Å². The molecule has 0 unspecified atom stereocenters. The first-order valence-electron chi connectivity index (χ1n) is 10.00. The van der Waals surface area contributed by atoms with Crippen LogP contribution in [0, 0.1) is 0 Å². The first-order chi connectivity index (χ1) is 14.3. The molecular formula is C24H27NO4S. The van der Waals surface area contributed by atoms with Gasteiger partial charge in [-0.25, -0.2) is 0 Å². The summed E-state index contributed by atoms with van der Waals surface area (Å²) >= 11 is 0. The van der Waals surface area contributed by atoms with Gasteiger partial charge in [-0.05, 0) is 47.4 Å². The number of anilines is 1. The second kappa shape index (κ2) is 8.98. The number of nitrogens with zero attached hydrogens (tertiary/aromatic N) is 1. The van der Waals surface area contributed by atoms with E-state index in [0.717, 1.165) is 17.7 Å². The van der Waals surface area contributed by atoms with Crippen molar-refractivity contribution in [3.05, 3.63) is 78.0 Å². The van der Waals surface area contributed by atoms with Gasteiger partial charge in [-0.2, -0.15) is 8.42 Å². The van der Waals surface area contributed by atoms with Gasteiger partial charge in [-0.15, -0.1) is 0 Å². The van der Waals surface area contributed by atoms with Crippen molar-refractivity contribution < 1.29 is 17.8 Å². The Morgan fingerprint density at radius 1 is 1.00 bits per heavy atom. The Bertz CT molecular complexity index is 1130. The molecule has 0 bridgehead atoms. The third-order valence-electron chi connectivity index (χ3n) is 5.45. The van der Waals surface area contributed by atoms with Gasteiger partial charge >= 0.3 is 0 Å². The number of allylic oxidation sites excluding steroid dienone is 6. The summed E-state index contributed by atoms with van der Waals surface area (Å²) in [5, 5.41) is 2.39. The van der Waals surface area contributed by atoms with E-state index in [1.54, 1.807) is 6.08 Å². The Morgan fingerprint density at radius 2 is 1.73 bits per heavy atom. The second-order valence-corrected chi connectivity index (χ2v) is 9.48. The standard InChI is InChI=1S/C24H27NO4S/c1-24(2)22(13-5-3-4-9-17-26)25(16-8-10-18-30(27,28)29)21-15-14-19-11-6-7-12-20(19)23(21)24/h3-7,9,11-15,17H,8,10,16,18H2,1-2H3,(H,27,28,29)/b5-3+,9-4+,22-13-. The average molecular weight is 426 g/mol. The van der Waals surface area contributed by atoms with Crippen molar-refractivity contribution in [2.75, 3.05) is 17.2 Å². The number of carbonyl (C=O) groups excluding carboxylic acids is 1. The molecule has 2 aromatic carbocycles. The van der Waals surface area contributed by atoms with Crippen LogP contribution in [-0.4, -0.2) is 31.6 Å². The molecule has 1 heterocycles. The molecule has 0 amide bonds. The third kappa shape index (κ3) is 4.71. The fourth-order valence-corrected chi connectivity index (χ4v) is 4.72. The largest absolute Gasteiger partial charge is 0.344 e. The van der Waals surface area contributed by atoms with Gasteiger partial charge in [0.05, 0.1) is 5.75 Å². The van der Waals surface area contributed by atoms with Crippen LogP contribution in [0.4, 0.5) is 5.69 Å². The van der Waals surface area contributed by atoms with Crippen LogP contribution in [0.1, 0.15) is 32.3 Å². The van der Waals surface area contributed by atoms with Crippen LogP contribution in [0.15, 0.2) is 72.5 Å². The van der Waals surface area contributed by atoms with Gasteiger partial charge in [0, 0.05) is 23.3 Å². The molecule has 0 spiro atoms. The van der Waals surface area contributed by atoms with Crippen LogP contribution in [0.2, 0.25) is 0 Å². The van der Waals surface area contributed by atoms with Crippen LogP contribution >= 0.6 is 0 Å². The van der Waals surface area contributed by atoms with E-state index >= 15 is 0 Å².